The van der Waals surface area contributed by atoms with Crippen molar-refractivity contribution in [3.8, 4) is 5.75 Å². The molecule has 2 aromatic carbocycles. The van der Waals surface area contributed by atoms with Crippen LogP contribution in [-0.2, 0) is 6.42 Å². The summed E-state index contributed by atoms with van der Waals surface area (Å²) < 4.78 is 5.54. The summed E-state index contributed by atoms with van der Waals surface area (Å²) in [6.45, 7) is 2.93. The van der Waals surface area contributed by atoms with Gasteiger partial charge >= 0.3 is 0 Å². The Morgan fingerprint density at radius 2 is 1.76 bits per heavy atom. The summed E-state index contributed by atoms with van der Waals surface area (Å²) >= 11 is 0. The van der Waals surface area contributed by atoms with Gasteiger partial charge in [0.1, 0.15) is 18.5 Å². The fraction of sp³-hybridized carbons (Fsp3) is 0.333. The molecule has 0 heterocycles. The van der Waals surface area contributed by atoms with E-state index < -0.39 is 6.10 Å². The van der Waals surface area contributed by atoms with Crippen molar-refractivity contribution < 1.29 is 9.84 Å². The van der Waals surface area contributed by atoms with Gasteiger partial charge in [-0.15, -0.1) is 0 Å². The Labute approximate surface area is 126 Å². The first-order chi connectivity index (χ1) is 10.3. The second kappa shape index (κ2) is 8.32. The van der Waals surface area contributed by atoms with Crippen LogP contribution in [-0.4, -0.2) is 24.4 Å². The lowest BCUT2D eigenvalue weighted by Crippen LogP contribution is -2.26. The van der Waals surface area contributed by atoms with E-state index in [1.165, 1.54) is 5.56 Å². The standard InChI is InChI=1S/C18H23NO2/c1-2-8-15-9-6-7-12-18(15)19-13-16(20)14-21-17-10-4-3-5-11-17/h3-7,9-12,16,19-20H,2,8,13-14H2,1H3. The van der Waals surface area contributed by atoms with Crippen LogP contribution in [0.25, 0.3) is 0 Å². The predicted molar refractivity (Wildman–Crippen MR) is 86.9 cm³/mol. The van der Waals surface area contributed by atoms with Crippen molar-refractivity contribution in [3.63, 3.8) is 0 Å². The average Bonchev–Trinajstić information content (AvgIpc) is 2.53. The molecule has 0 saturated carbocycles. The molecule has 0 aromatic heterocycles. The molecule has 2 aromatic rings. The number of aliphatic hydroxyl groups is 1. The molecule has 0 spiro atoms. The van der Waals surface area contributed by atoms with Gasteiger partial charge in [0.25, 0.3) is 0 Å². The molecule has 0 fully saturated rings. The summed E-state index contributed by atoms with van der Waals surface area (Å²) in [6.07, 6.45) is 1.61. The molecule has 112 valence electrons. The number of anilines is 1. The van der Waals surface area contributed by atoms with Gasteiger partial charge in [-0.2, -0.15) is 0 Å². The maximum atomic E-state index is 10.0. The highest BCUT2D eigenvalue weighted by molar-refractivity contribution is 5.51. The van der Waals surface area contributed by atoms with Crippen LogP contribution < -0.4 is 10.1 Å². The molecule has 1 atom stereocenters. The SMILES string of the molecule is CCCc1ccccc1NCC(O)COc1ccccc1. The molecule has 3 nitrogen and oxygen atoms in total. The van der Waals surface area contributed by atoms with E-state index >= 15 is 0 Å². The molecular weight excluding hydrogens is 262 g/mol. The Morgan fingerprint density at radius 1 is 1.05 bits per heavy atom. The van der Waals surface area contributed by atoms with E-state index in [2.05, 4.69) is 24.4 Å². The number of para-hydroxylation sites is 2. The van der Waals surface area contributed by atoms with Gasteiger partial charge in [0, 0.05) is 12.2 Å². The Morgan fingerprint density at radius 3 is 2.52 bits per heavy atom. The van der Waals surface area contributed by atoms with Crippen molar-refractivity contribution >= 4 is 5.69 Å². The maximum absolute atomic E-state index is 10.0. The number of hydrogen-bond donors (Lipinski definition) is 2. The Balaban J connectivity index is 1.80. The molecule has 0 saturated heterocycles. The molecule has 0 bridgehead atoms. The number of rotatable bonds is 8. The largest absolute Gasteiger partial charge is 0.491 e. The van der Waals surface area contributed by atoms with E-state index in [9.17, 15) is 5.11 Å². The van der Waals surface area contributed by atoms with E-state index in [1.807, 2.05) is 42.5 Å². The van der Waals surface area contributed by atoms with Crippen molar-refractivity contribution in [2.75, 3.05) is 18.5 Å². The Hall–Kier alpha value is -2.00. The van der Waals surface area contributed by atoms with E-state index in [-0.39, 0.29) is 6.61 Å². The molecular formula is C18H23NO2. The summed E-state index contributed by atoms with van der Waals surface area (Å²) in [5.74, 6) is 0.780. The average molecular weight is 285 g/mol. The van der Waals surface area contributed by atoms with E-state index in [0.717, 1.165) is 24.3 Å². The highest BCUT2D eigenvalue weighted by Crippen LogP contribution is 2.16. The number of aryl methyl sites for hydroxylation is 1. The van der Waals surface area contributed by atoms with Crippen molar-refractivity contribution in [1.29, 1.82) is 0 Å². The summed E-state index contributed by atoms with van der Waals surface area (Å²) in [6, 6.07) is 17.8. The van der Waals surface area contributed by atoms with Crippen molar-refractivity contribution in [1.82, 2.24) is 0 Å². The zero-order valence-corrected chi connectivity index (χ0v) is 12.5. The number of benzene rings is 2. The van der Waals surface area contributed by atoms with E-state index in [0.29, 0.717) is 6.54 Å². The third-order valence-electron chi connectivity index (χ3n) is 3.25. The molecule has 0 aliphatic rings. The van der Waals surface area contributed by atoms with Crippen LogP contribution in [0.5, 0.6) is 5.75 Å². The second-order valence-corrected chi connectivity index (χ2v) is 5.07. The van der Waals surface area contributed by atoms with Crippen molar-refractivity contribution in [2.45, 2.75) is 25.9 Å². The van der Waals surface area contributed by atoms with Gasteiger partial charge in [-0.3, -0.25) is 0 Å². The third kappa shape index (κ3) is 5.12. The Kier molecular flexibility index (Phi) is 6.10. The van der Waals surface area contributed by atoms with E-state index in [1.54, 1.807) is 0 Å². The van der Waals surface area contributed by atoms with Crippen LogP contribution in [0.1, 0.15) is 18.9 Å². The monoisotopic (exact) mass is 285 g/mol. The van der Waals surface area contributed by atoms with Crippen LogP contribution in [0, 0.1) is 0 Å². The van der Waals surface area contributed by atoms with Crippen LogP contribution in [0.4, 0.5) is 5.69 Å². The van der Waals surface area contributed by atoms with Gasteiger partial charge in [0.15, 0.2) is 0 Å². The lowest BCUT2D eigenvalue weighted by molar-refractivity contribution is 0.117. The van der Waals surface area contributed by atoms with E-state index in [4.69, 9.17) is 4.74 Å². The summed E-state index contributed by atoms with van der Waals surface area (Å²) in [7, 11) is 0. The quantitative estimate of drug-likeness (QED) is 0.780. The van der Waals surface area contributed by atoms with Gasteiger partial charge in [0.2, 0.25) is 0 Å². The fourth-order valence-corrected chi connectivity index (χ4v) is 2.18. The zero-order chi connectivity index (χ0) is 14.9. The first kappa shape index (κ1) is 15.4. The normalized spacial score (nSPS) is 11.9. The van der Waals surface area contributed by atoms with Crippen LogP contribution >= 0.6 is 0 Å². The first-order valence-corrected chi connectivity index (χ1v) is 7.47. The Bertz CT molecular complexity index is 528. The fourth-order valence-electron chi connectivity index (χ4n) is 2.18. The number of aliphatic hydroxyl groups excluding tert-OH is 1. The summed E-state index contributed by atoms with van der Waals surface area (Å²) in [5, 5.41) is 13.3. The van der Waals surface area contributed by atoms with Crippen LogP contribution in [0.3, 0.4) is 0 Å². The summed E-state index contributed by atoms with van der Waals surface area (Å²) in [4.78, 5) is 0. The van der Waals surface area contributed by atoms with Gasteiger partial charge in [0.05, 0.1) is 0 Å². The number of ether oxygens (including phenoxy) is 1. The number of hydrogen-bond acceptors (Lipinski definition) is 3. The molecule has 21 heavy (non-hydrogen) atoms. The minimum Gasteiger partial charge on any atom is -0.491 e. The van der Waals surface area contributed by atoms with Gasteiger partial charge in [-0.05, 0) is 30.2 Å². The third-order valence-corrected chi connectivity index (χ3v) is 3.25. The zero-order valence-electron chi connectivity index (χ0n) is 12.5. The molecule has 0 aliphatic heterocycles. The van der Waals surface area contributed by atoms with Gasteiger partial charge in [-0.25, -0.2) is 0 Å². The number of nitrogens with one attached hydrogen (secondary N) is 1. The van der Waals surface area contributed by atoms with Crippen molar-refractivity contribution in [2.24, 2.45) is 0 Å². The highest BCUT2D eigenvalue weighted by atomic mass is 16.5. The highest BCUT2D eigenvalue weighted by Gasteiger charge is 2.07. The van der Waals surface area contributed by atoms with Crippen LogP contribution in [0.2, 0.25) is 0 Å². The van der Waals surface area contributed by atoms with Gasteiger partial charge in [-0.1, -0.05) is 49.7 Å². The lowest BCUT2D eigenvalue weighted by Gasteiger charge is -2.16. The molecule has 0 radical (unpaired) electrons. The van der Waals surface area contributed by atoms with Crippen LogP contribution in [0.15, 0.2) is 54.6 Å². The minimum absolute atomic E-state index is 0.285. The summed E-state index contributed by atoms with van der Waals surface area (Å²) in [5.41, 5.74) is 2.38. The smallest absolute Gasteiger partial charge is 0.119 e. The maximum Gasteiger partial charge on any atom is 0.119 e. The minimum atomic E-state index is -0.542. The molecule has 3 heteroatoms. The topological polar surface area (TPSA) is 41.5 Å². The first-order valence-electron chi connectivity index (χ1n) is 7.47. The molecule has 0 amide bonds. The van der Waals surface area contributed by atoms with Crippen molar-refractivity contribution in [3.05, 3.63) is 60.2 Å². The van der Waals surface area contributed by atoms with Gasteiger partial charge < -0.3 is 15.2 Å². The molecule has 2 N–H and O–H groups in total. The second-order valence-electron chi connectivity index (χ2n) is 5.07. The molecule has 0 aliphatic carbocycles. The molecule has 2 rings (SSSR count). The lowest BCUT2D eigenvalue weighted by atomic mass is 10.1. The molecule has 1 unspecified atom stereocenters. The predicted octanol–water partition coefficient (Wildman–Crippen LogP) is 3.49.